The molecule has 0 spiro atoms. The Labute approximate surface area is 151 Å². The smallest absolute Gasteiger partial charge is 0.227 e. The molecule has 0 amide bonds. The molecule has 6 nitrogen and oxygen atoms in total. The Bertz CT molecular complexity index is 1040. The van der Waals surface area contributed by atoms with Gasteiger partial charge in [0.15, 0.2) is 0 Å². The number of benzene rings is 1. The zero-order chi connectivity index (χ0) is 17.9. The number of aromatic nitrogens is 5. The number of pyridine rings is 1. The van der Waals surface area contributed by atoms with E-state index in [4.69, 9.17) is 0 Å². The summed E-state index contributed by atoms with van der Waals surface area (Å²) in [4.78, 5) is 21.3. The normalized spacial score (nSPS) is 11.0. The Balaban J connectivity index is 1.65. The summed E-state index contributed by atoms with van der Waals surface area (Å²) in [6, 6.07) is 11.7. The second-order valence-electron chi connectivity index (χ2n) is 6.23. The second kappa shape index (κ2) is 6.92. The van der Waals surface area contributed by atoms with E-state index in [2.05, 4.69) is 50.2 Å². The molecule has 0 aliphatic heterocycles. The van der Waals surface area contributed by atoms with Crippen molar-refractivity contribution in [3.8, 4) is 11.4 Å². The van der Waals surface area contributed by atoms with Crippen LogP contribution in [0.1, 0.15) is 24.7 Å². The largest absolute Gasteiger partial charge is 0.342 e. The van der Waals surface area contributed by atoms with E-state index < -0.39 is 0 Å². The van der Waals surface area contributed by atoms with Gasteiger partial charge >= 0.3 is 0 Å². The molecule has 3 heterocycles. The van der Waals surface area contributed by atoms with Crippen LogP contribution < -0.4 is 5.32 Å². The van der Waals surface area contributed by atoms with Crippen LogP contribution in [-0.4, -0.2) is 24.9 Å². The topological polar surface area (TPSA) is 79.4 Å². The minimum absolute atomic E-state index is 0.542. The maximum absolute atomic E-state index is 4.68. The number of H-pyrrole nitrogens is 1. The lowest BCUT2D eigenvalue weighted by Gasteiger charge is -2.07. The molecule has 0 radical (unpaired) electrons. The van der Waals surface area contributed by atoms with Gasteiger partial charge in [0.1, 0.15) is 5.82 Å². The van der Waals surface area contributed by atoms with E-state index >= 15 is 0 Å². The van der Waals surface area contributed by atoms with Crippen LogP contribution in [0, 0.1) is 6.92 Å². The standard InChI is InChI=1S/C20H20N6/c1-3-6-18-24-17-12-14(11-13(2)19(17)26-18)23-20-22-10-8-16(25-20)15-7-4-5-9-21-15/h4-5,7-12H,3,6H2,1-2H3,(H,24,26)(H,22,23,25). The highest BCUT2D eigenvalue weighted by molar-refractivity contribution is 5.83. The van der Waals surface area contributed by atoms with Crippen LogP contribution in [0.2, 0.25) is 0 Å². The molecule has 0 atom stereocenters. The van der Waals surface area contributed by atoms with Crippen LogP contribution in [0.15, 0.2) is 48.8 Å². The first-order valence-electron chi connectivity index (χ1n) is 8.73. The second-order valence-corrected chi connectivity index (χ2v) is 6.23. The number of nitrogens with one attached hydrogen (secondary N) is 2. The molecule has 0 fully saturated rings. The monoisotopic (exact) mass is 344 g/mol. The van der Waals surface area contributed by atoms with Gasteiger partial charge in [-0.15, -0.1) is 0 Å². The zero-order valence-corrected chi connectivity index (χ0v) is 14.8. The SMILES string of the molecule is CCCc1nc2c(C)cc(Nc3nccc(-c4ccccn4)n3)cc2[nH]1. The molecule has 0 saturated heterocycles. The molecule has 4 aromatic rings. The van der Waals surface area contributed by atoms with Crippen LogP contribution in [0.3, 0.4) is 0 Å². The average Bonchev–Trinajstić information content (AvgIpc) is 3.06. The van der Waals surface area contributed by atoms with Crippen molar-refractivity contribution in [2.24, 2.45) is 0 Å². The molecule has 3 aromatic heterocycles. The Hall–Kier alpha value is -3.28. The molecule has 0 aliphatic carbocycles. The average molecular weight is 344 g/mol. The van der Waals surface area contributed by atoms with E-state index in [-0.39, 0.29) is 0 Å². The third kappa shape index (κ3) is 3.26. The lowest BCUT2D eigenvalue weighted by atomic mass is 10.2. The highest BCUT2D eigenvalue weighted by Gasteiger charge is 2.09. The molecular formula is C20H20N6. The van der Waals surface area contributed by atoms with Crippen molar-refractivity contribution >= 4 is 22.7 Å². The van der Waals surface area contributed by atoms with E-state index in [0.717, 1.165) is 52.3 Å². The van der Waals surface area contributed by atoms with Gasteiger partial charge < -0.3 is 10.3 Å². The number of hydrogen-bond acceptors (Lipinski definition) is 5. The van der Waals surface area contributed by atoms with Crippen molar-refractivity contribution in [1.29, 1.82) is 0 Å². The molecule has 0 bridgehead atoms. The number of imidazole rings is 1. The maximum atomic E-state index is 4.68. The van der Waals surface area contributed by atoms with Gasteiger partial charge in [-0.05, 0) is 49.2 Å². The molecule has 130 valence electrons. The molecule has 0 aliphatic rings. The van der Waals surface area contributed by atoms with E-state index in [1.807, 2.05) is 30.3 Å². The van der Waals surface area contributed by atoms with E-state index in [1.165, 1.54) is 0 Å². The van der Waals surface area contributed by atoms with Gasteiger partial charge in [0.25, 0.3) is 0 Å². The van der Waals surface area contributed by atoms with Crippen LogP contribution in [-0.2, 0) is 6.42 Å². The van der Waals surface area contributed by atoms with Crippen LogP contribution >= 0.6 is 0 Å². The van der Waals surface area contributed by atoms with Gasteiger partial charge in [0.05, 0.1) is 22.4 Å². The van der Waals surface area contributed by atoms with E-state index in [0.29, 0.717) is 5.95 Å². The van der Waals surface area contributed by atoms with E-state index in [1.54, 1.807) is 12.4 Å². The highest BCUT2D eigenvalue weighted by Crippen LogP contribution is 2.24. The molecule has 26 heavy (non-hydrogen) atoms. The molecular weight excluding hydrogens is 324 g/mol. The summed E-state index contributed by atoms with van der Waals surface area (Å²) >= 11 is 0. The Morgan fingerprint density at radius 3 is 2.73 bits per heavy atom. The molecule has 0 unspecified atom stereocenters. The number of aromatic amines is 1. The predicted molar refractivity (Wildman–Crippen MR) is 103 cm³/mol. The molecule has 6 heteroatoms. The first kappa shape index (κ1) is 16.2. The van der Waals surface area contributed by atoms with Gasteiger partial charge in [-0.1, -0.05) is 13.0 Å². The van der Waals surface area contributed by atoms with Crippen molar-refractivity contribution in [2.45, 2.75) is 26.7 Å². The molecule has 2 N–H and O–H groups in total. The fourth-order valence-corrected chi connectivity index (χ4v) is 2.97. The van der Waals surface area contributed by atoms with Gasteiger partial charge in [0, 0.05) is 24.5 Å². The third-order valence-electron chi connectivity index (χ3n) is 4.15. The Morgan fingerprint density at radius 1 is 1.00 bits per heavy atom. The Kier molecular flexibility index (Phi) is 4.31. The predicted octanol–water partition coefficient (Wildman–Crippen LogP) is 4.42. The zero-order valence-electron chi connectivity index (χ0n) is 14.8. The first-order chi connectivity index (χ1) is 12.7. The third-order valence-corrected chi connectivity index (χ3v) is 4.15. The maximum Gasteiger partial charge on any atom is 0.227 e. The number of anilines is 2. The van der Waals surface area contributed by atoms with Gasteiger partial charge in [-0.3, -0.25) is 4.98 Å². The minimum atomic E-state index is 0.542. The van der Waals surface area contributed by atoms with Crippen molar-refractivity contribution in [3.05, 3.63) is 60.2 Å². The summed E-state index contributed by atoms with van der Waals surface area (Å²) in [5.41, 5.74) is 5.69. The number of rotatable bonds is 5. The van der Waals surface area contributed by atoms with Crippen molar-refractivity contribution in [3.63, 3.8) is 0 Å². The van der Waals surface area contributed by atoms with Gasteiger partial charge in [-0.2, -0.15) is 0 Å². The summed E-state index contributed by atoms with van der Waals surface area (Å²) in [6.07, 6.45) is 5.51. The molecule has 0 saturated carbocycles. The lowest BCUT2D eigenvalue weighted by molar-refractivity contribution is 0.861. The van der Waals surface area contributed by atoms with Crippen LogP contribution in [0.4, 0.5) is 11.6 Å². The van der Waals surface area contributed by atoms with Crippen molar-refractivity contribution in [1.82, 2.24) is 24.9 Å². The number of nitrogens with zero attached hydrogens (tertiary/aromatic N) is 4. The van der Waals surface area contributed by atoms with Crippen LogP contribution in [0.25, 0.3) is 22.4 Å². The number of fused-ring (bicyclic) bond motifs is 1. The lowest BCUT2D eigenvalue weighted by Crippen LogP contribution is -1.99. The highest BCUT2D eigenvalue weighted by atomic mass is 15.1. The quantitative estimate of drug-likeness (QED) is 0.560. The summed E-state index contributed by atoms with van der Waals surface area (Å²) in [6.45, 7) is 4.22. The number of hydrogen-bond donors (Lipinski definition) is 2. The molecule has 1 aromatic carbocycles. The van der Waals surface area contributed by atoms with Gasteiger partial charge in [-0.25, -0.2) is 15.0 Å². The van der Waals surface area contributed by atoms with Crippen LogP contribution in [0.5, 0.6) is 0 Å². The van der Waals surface area contributed by atoms with Gasteiger partial charge in [0.2, 0.25) is 5.95 Å². The summed E-state index contributed by atoms with van der Waals surface area (Å²) in [5, 5.41) is 3.29. The van der Waals surface area contributed by atoms with Crippen molar-refractivity contribution in [2.75, 3.05) is 5.32 Å². The fraction of sp³-hybridized carbons (Fsp3) is 0.200. The summed E-state index contributed by atoms with van der Waals surface area (Å²) < 4.78 is 0. The van der Waals surface area contributed by atoms with E-state index in [9.17, 15) is 0 Å². The summed E-state index contributed by atoms with van der Waals surface area (Å²) in [7, 11) is 0. The number of aryl methyl sites for hydroxylation is 2. The summed E-state index contributed by atoms with van der Waals surface area (Å²) in [5.74, 6) is 1.57. The van der Waals surface area contributed by atoms with Crippen molar-refractivity contribution < 1.29 is 0 Å². The first-order valence-corrected chi connectivity index (χ1v) is 8.73. The molecule has 4 rings (SSSR count). The minimum Gasteiger partial charge on any atom is -0.342 e. The Morgan fingerprint density at radius 2 is 1.92 bits per heavy atom. The fourth-order valence-electron chi connectivity index (χ4n) is 2.97.